The Hall–Kier alpha value is -2.20. The van der Waals surface area contributed by atoms with E-state index in [4.69, 9.17) is 9.16 Å². The Labute approximate surface area is 214 Å². The SMILES string of the molecule is COC(/C=C/C1(C)C=CCC=C1)C(C)(C)CCO[Si](c1ccccc1)(c1ccccc1)C(C)(C)C. The van der Waals surface area contributed by atoms with Crippen molar-refractivity contribution in [3.63, 3.8) is 0 Å². The first-order valence-corrected chi connectivity index (χ1v) is 14.8. The fraction of sp³-hybridized carbons (Fsp3) is 0.438. The molecule has 0 saturated heterocycles. The Morgan fingerprint density at radius 2 is 1.40 bits per heavy atom. The minimum absolute atomic E-state index is 0.00538. The van der Waals surface area contributed by atoms with Crippen LogP contribution in [0.15, 0.2) is 97.1 Å². The first-order valence-electron chi connectivity index (χ1n) is 12.9. The molecule has 1 atom stereocenters. The Bertz CT molecular complexity index is 961. The summed E-state index contributed by atoms with van der Waals surface area (Å²) in [6.45, 7) is 14.5. The van der Waals surface area contributed by atoms with Crippen LogP contribution >= 0.6 is 0 Å². The molecule has 1 unspecified atom stereocenters. The molecule has 2 aromatic carbocycles. The monoisotopic (exact) mass is 488 g/mol. The molecule has 188 valence electrons. The molecule has 0 aromatic heterocycles. The van der Waals surface area contributed by atoms with Crippen LogP contribution in [-0.4, -0.2) is 28.1 Å². The molecule has 0 saturated carbocycles. The molecule has 0 heterocycles. The molecule has 0 bridgehead atoms. The fourth-order valence-electron chi connectivity index (χ4n) is 5.21. The van der Waals surface area contributed by atoms with Gasteiger partial charge in [0.2, 0.25) is 0 Å². The average molecular weight is 489 g/mol. The number of hydrogen-bond acceptors (Lipinski definition) is 2. The number of ether oxygens (including phenoxy) is 1. The molecule has 0 N–H and O–H groups in total. The van der Waals surface area contributed by atoms with Crippen LogP contribution in [0.2, 0.25) is 5.04 Å². The molecule has 1 aliphatic rings. The molecule has 0 radical (unpaired) electrons. The number of hydrogen-bond donors (Lipinski definition) is 0. The van der Waals surface area contributed by atoms with E-state index in [0.717, 1.165) is 12.8 Å². The molecule has 2 nitrogen and oxygen atoms in total. The number of allylic oxidation sites excluding steroid dienone is 5. The average Bonchev–Trinajstić information content (AvgIpc) is 2.83. The lowest BCUT2D eigenvalue weighted by Gasteiger charge is -2.44. The predicted octanol–water partition coefficient (Wildman–Crippen LogP) is 7.07. The summed E-state index contributed by atoms with van der Waals surface area (Å²) in [5.41, 5.74) is -0.119. The number of benzene rings is 2. The fourth-order valence-corrected chi connectivity index (χ4v) is 9.78. The van der Waals surface area contributed by atoms with Crippen molar-refractivity contribution in [2.75, 3.05) is 13.7 Å². The molecule has 3 heteroatoms. The van der Waals surface area contributed by atoms with Crippen molar-refractivity contribution in [1.82, 2.24) is 0 Å². The van der Waals surface area contributed by atoms with Gasteiger partial charge in [-0.05, 0) is 40.6 Å². The molecule has 0 fully saturated rings. The van der Waals surface area contributed by atoms with Crippen LogP contribution in [0, 0.1) is 10.8 Å². The van der Waals surface area contributed by atoms with Crippen LogP contribution in [0.1, 0.15) is 54.4 Å². The highest BCUT2D eigenvalue weighted by atomic mass is 28.4. The van der Waals surface area contributed by atoms with Crippen LogP contribution in [0.4, 0.5) is 0 Å². The van der Waals surface area contributed by atoms with E-state index in [1.165, 1.54) is 10.4 Å². The lowest BCUT2D eigenvalue weighted by Crippen LogP contribution is -2.66. The summed E-state index contributed by atoms with van der Waals surface area (Å²) in [4.78, 5) is 0. The lowest BCUT2D eigenvalue weighted by molar-refractivity contribution is 0.0283. The maximum atomic E-state index is 7.15. The van der Waals surface area contributed by atoms with Gasteiger partial charge in [-0.1, -0.05) is 132 Å². The van der Waals surface area contributed by atoms with E-state index in [1.807, 2.05) is 7.11 Å². The van der Waals surface area contributed by atoms with Gasteiger partial charge in [-0.3, -0.25) is 0 Å². The van der Waals surface area contributed by atoms with Gasteiger partial charge in [0.15, 0.2) is 0 Å². The van der Waals surface area contributed by atoms with Crippen molar-refractivity contribution < 1.29 is 9.16 Å². The lowest BCUT2D eigenvalue weighted by atomic mass is 9.80. The second-order valence-electron chi connectivity index (χ2n) is 11.7. The van der Waals surface area contributed by atoms with Gasteiger partial charge in [-0.25, -0.2) is 0 Å². The van der Waals surface area contributed by atoms with E-state index in [9.17, 15) is 0 Å². The summed E-state index contributed by atoms with van der Waals surface area (Å²) in [5.74, 6) is 0. The van der Waals surface area contributed by atoms with Gasteiger partial charge in [0.05, 0.1) is 6.10 Å². The van der Waals surface area contributed by atoms with E-state index in [2.05, 4.69) is 139 Å². The quantitative estimate of drug-likeness (QED) is 0.263. The molecule has 0 spiro atoms. The van der Waals surface area contributed by atoms with Crippen molar-refractivity contribution in [2.45, 2.75) is 65.5 Å². The zero-order chi connectivity index (χ0) is 25.6. The third-order valence-electron chi connectivity index (χ3n) is 7.36. The van der Waals surface area contributed by atoms with E-state index in [1.54, 1.807) is 0 Å². The topological polar surface area (TPSA) is 18.5 Å². The standard InChI is InChI=1S/C32H44O2Si/c1-30(2,3)35(27-17-11-8-12-18-27,28-19-13-9-14-20-28)34-26-25-31(4,5)29(33-7)21-24-32(6)22-15-10-16-23-32/h8-9,11-24,29H,10,25-26H2,1-7H3/b24-21+. The number of rotatable bonds is 10. The largest absolute Gasteiger partial charge is 0.407 e. The zero-order valence-corrected chi connectivity index (χ0v) is 23.8. The maximum absolute atomic E-state index is 7.15. The molecule has 3 rings (SSSR count). The molecule has 2 aromatic rings. The van der Waals surface area contributed by atoms with Gasteiger partial charge in [0, 0.05) is 19.1 Å². The maximum Gasteiger partial charge on any atom is 0.261 e. The summed E-state index contributed by atoms with van der Waals surface area (Å²) in [6, 6.07) is 21.7. The second kappa shape index (κ2) is 11.2. The van der Waals surface area contributed by atoms with Gasteiger partial charge in [-0.2, -0.15) is 0 Å². The third kappa shape index (κ3) is 6.33. The van der Waals surface area contributed by atoms with Crippen LogP contribution in [0.25, 0.3) is 0 Å². The first-order chi connectivity index (χ1) is 16.5. The molecule has 35 heavy (non-hydrogen) atoms. The van der Waals surface area contributed by atoms with Crippen molar-refractivity contribution in [3.05, 3.63) is 97.1 Å². The van der Waals surface area contributed by atoms with Crippen LogP contribution < -0.4 is 10.4 Å². The molecular weight excluding hydrogens is 444 g/mol. The van der Waals surface area contributed by atoms with Crippen molar-refractivity contribution in [3.8, 4) is 0 Å². The summed E-state index contributed by atoms with van der Waals surface area (Å²) in [5, 5.41) is 2.63. The molecular formula is C32H44O2Si. The normalized spacial score (nSPS) is 17.1. The predicted molar refractivity (Wildman–Crippen MR) is 153 cm³/mol. The second-order valence-corrected chi connectivity index (χ2v) is 16.0. The van der Waals surface area contributed by atoms with Crippen LogP contribution in [0.5, 0.6) is 0 Å². The van der Waals surface area contributed by atoms with Crippen molar-refractivity contribution in [1.29, 1.82) is 0 Å². The Kier molecular flexibility index (Phi) is 8.80. The summed E-state index contributed by atoms with van der Waals surface area (Å²) < 4.78 is 13.1. The Morgan fingerprint density at radius 3 is 1.86 bits per heavy atom. The van der Waals surface area contributed by atoms with Gasteiger partial charge in [0.25, 0.3) is 8.32 Å². The van der Waals surface area contributed by atoms with Crippen molar-refractivity contribution >= 4 is 18.7 Å². The van der Waals surface area contributed by atoms with Gasteiger partial charge in [0.1, 0.15) is 0 Å². The zero-order valence-electron chi connectivity index (χ0n) is 22.8. The minimum Gasteiger partial charge on any atom is -0.407 e. The van der Waals surface area contributed by atoms with Crippen LogP contribution in [0.3, 0.4) is 0 Å². The highest BCUT2D eigenvalue weighted by Gasteiger charge is 2.50. The highest BCUT2D eigenvalue weighted by Crippen LogP contribution is 2.38. The van der Waals surface area contributed by atoms with E-state index >= 15 is 0 Å². The third-order valence-corrected chi connectivity index (χ3v) is 12.4. The first kappa shape index (κ1) is 27.4. The summed E-state index contributed by atoms with van der Waals surface area (Å²) in [6.07, 6.45) is 15.5. The van der Waals surface area contributed by atoms with Crippen molar-refractivity contribution in [2.24, 2.45) is 10.8 Å². The molecule has 0 aliphatic heterocycles. The smallest absolute Gasteiger partial charge is 0.261 e. The Morgan fingerprint density at radius 1 is 0.886 bits per heavy atom. The summed E-state index contributed by atoms with van der Waals surface area (Å²) >= 11 is 0. The Balaban J connectivity index is 1.85. The van der Waals surface area contributed by atoms with E-state index < -0.39 is 8.32 Å². The number of methoxy groups -OCH3 is 1. The van der Waals surface area contributed by atoms with Gasteiger partial charge in [-0.15, -0.1) is 0 Å². The van der Waals surface area contributed by atoms with Gasteiger partial charge < -0.3 is 9.16 Å². The highest BCUT2D eigenvalue weighted by molar-refractivity contribution is 6.99. The van der Waals surface area contributed by atoms with E-state index in [-0.39, 0.29) is 22.0 Å². The van der Waals surface area contributed by atoms with Crippen LogP contribution in [-0.2, 0) is 9.16 Å². The van der Waals surface area contributed by atoms with Gasteiger partial charge >= 0.3 is 0 Å². The molecule has 1 aliphatic carbocycles. The van der Waals surface area contributed by atoms with E-state index in [0.29, 0.717) is 6.61 Å². The minimum atomic E-state index is -2.53. The summed E-state index contributed by atoms with van der Waals surface area (Å²) in [7, 11) is -0.714. The molecule has 0 amide bonds.